The van der Waals surface area contributed by atoms with Crippen molar-refractivity contribution < 1.29 is 4.79 Å². The van der Waals surface area contributed by atoms with Crippen LogP contribution in [0.3, 0.4) is 0 Å². The van der Waals surface area contributed by atoms with Gasteiger partial charge in [0.15, 0.2) is 0 Å². The van der Waals surface area contributed by atoms with Gasteiger partial charge in [0, 0.05) is 13.2 Å². The molecular formula is C6H7N3O. The Kier molecular flexibility index (Phi) is 1.59. The third-order valence-corrected chi connectivity index (χ3v) is 1.27. The minimum atomic E-state index is -0.168. The molecule has 0 unspecified atom stereocenters. The molecule has 0 spiro atoms. The maximum Gasteiger partial charge on any atom is 0.321 e. The number of likely N-dealkylation sites (N-methyl/N-ethyl adjacent to an activating group) is 1. The molecule has 1 heterocycles. The van der Waals surface area contributed by atoms with Gasteiger partial charge < -0.3 is 10.2 Å². The van der Waals surface area contributed by atoms with E-state index < -0.39 is 0 Å². The SMILES string of the molecule is CN1CC(C#N)=CNC1=O. The molecule has 0 fully saturated rings. The van der Waals surface area contributed by atoms with Gasteiger partial charge in [-0.15, -0.1) is 0 Å². The highest BCUT2D eigenvalue weighted by atomic mass is 16.2. The molecule has 4 nitrogen and oxygen atoms in total. The lowest BCUT2D eigenvalue weighted by Gasteiger charge is -2.19. The molecule has 0 atom stereocenters. The quantitative estimate of drug-likeness (QED) is 0.512. The molecule has 0 aromatic carbocycles. The largest absolute Gasteiger partial charge is 0.322 e. The van der Waals surface area contributed by atoms with Gasteiger partial charge in [-0.3, -0.25) is 0 Å². The number of hydrogen-bond donors (Lipinski definition) is 1. The summed E-state index contributed by atoms with van der Waals surface area (Å²) in [6, 6.07) is 1.79. The highest BCUT2D eigenvalue weighted by molar-refractivity contribution is 5.77. The minimum absolute atomic E-state index is 0.168. The van der Waals surface area contributed by atoms with Gasteiger partial charge in [0.2, 0.25) is 0 Å². The van der Waals surface area contributed by atoms with Crippen molar-refractivity contribution in [3.05, 3.63) is 11.8 Å². The van der Waals surface area contributed by atoms with Gasteiger partial charge in [0.05, 0.1) is 18.2 Å². The summed E-state index contributed by atoms with van der Waals surface area (Å²) in [6.45, 7) is 0.405. The molecule has 2 amide bonds. The van der Waals surface area contributed by atoms with Gasteiger partial charge in [-0.05, 0) is 0 Å². The molecule has 0 saturated carbocycles. The minimum Gasteiger partial charge on any atom is -0.322 e. The number of rotatable bonds is 0. The van der Waals surface area contributed by atoms with Crippen LogP contribution in [0, 0.1) is 11.3 Å². The van der Waals surface area contributed by atoms with Crippen molar-refractivity contribution in [3.8, 4) is 6.07 Å². The van der Waals surface area contributed by atoms with E-state index >= 15 is 0 Å². The van der Waals surface area contributed by atoms with Crippen molar-refractivity contribution in [1.82, 2.24) is 10.2 Å². The summed E-state index contributed by atoms with van der Waals surface area (Å²) in [7, 11) is 1.64. The van der Waals surface area contributed by atoms with Crippen LogP contribution in [0.4, 0.5) is 4.79 Å². The van der Waals surface area contributed by atoms with Crippen molar-refractivity contribution in [1.29, 1.82) is 5.26 Å². The standard InChI is InChI=1S/C6H7N3O/c1-9-4-5(2-7)3-8-6(9)10/h3H,4H2,1H3,(H,8,10). The lowest BCUT2D eigenvalue weighted by Crippen LogP contribution is -2.39. The summed E-state index contributed by atoms with van der Waals surface area (Å²) in [5.41, 5.74) is 0.571. The van der Waals surface area contributed by atoms with Gasteiger partial charge in [-0.2, -0.15) is 5.26 Å². The van der Waals surface area contributed by atoms with Crippen LogP contribution in [-0.2, 0) is 0 Å². The van der Waals surface area contributed by atoms with Crippen LogP contribution in [0.15, 0.2) is 11.8 Å². The van der Waals surface area contributed by atoms with Gasteiger partial charge in [-0.1, -0.05) is 0 Å². The Labute approximate surface area is 58.7 Å². The number of carbonyl (C=O) groups excluding carboxylic acids is 1. The predicted molar refractivity (Wildman–Crippen MR) is 34.9 cm³/mol. The third kappa shape index (κ3) is 1.08. The van der Waals surface area contributed by atoms with Crippen LogP contribution in [0.1, 0.15) is 0 Å². The van der Waals surface area contributed by atoms with Crippen LogP contribution < -0.4 is 5.32 Å². The number of urea groups is 1. The Hall–Kier alpha value is -1.50. The maximum atomic E-state index is 10.7. The van der Waals surface area contributed by atoms with Gasteiger partial charge in [0.25, 0.3) is 0 Å². The van der Waals surface area contributed by atoms with Gasteiger partial charge in [-0.25, -0.2) is 4.79 Å². The first-order chi connectivity index (χ1) is 4.74. The Balaban J connectivity index is 2.72. The first-order valence-corrected chi connectivity index (χ1v) is 2.85. The number of nitrogens with zero attached hydrogens (tertiary/aromatic N) is 2. The lowest BCUT2D eigenvalue weighted by molar-refractivity contribution is 0.213. The maximum absolute atomic E-state index is 10.7. The second-order valence-electron chi connectivity index (χ2n) is 2.09. The highest BCUT2D eigenvalue weighted by Crippen LogP contribution is 1.99. The predicted octanol–water partition coefficient (Wildman–Crippen LogP) is 0.0489. The molecule has 1 aliphatic rings. The van der Waals surface area contributed by atoms with Crippen molar-refractivity contribution in [2.45, 2.75) is 0 Å². The fraction of sp³-hybridized carbons (Fsp3) is 0.333. The zero-order valence-corrected chi connectivity index (χ0v) is 5.59. The van der Waals surface area contributed by atoms with Crippen molar-refractivity contribution in [2.75, 3.05) is 13.6 Å². The van der Waals surface area contributed by atoms with Gasteiger partial charge >= 0.3 is 6.03 Å². The number of hydrogen-bond acceptors (Lipinski definition) is 2. The van der Waals surface area contributed by atoms with E-state index in [9.17, 15) is 4.79 Å². The molecule has 1 aliphatic heterocycles. The molecule has 0 aromatic rings. The monoisotopic (exact) mass is 137 g/mol. The second-order valence-corrected chi connectivity index (χ2v) is 2.09. The summed E-state index contributed by atoms with van der Waals surface area (Å²) >= 11 is 0. The van der Waals surface area contributed by atoms with E-state index in [-0.39, 0.29) is 6.03 Å². The molecule has 1 rings (SSSR count). The molecule has 0 radical (unpaired) electrons. The van der Waals surface area contributed by atoms with Crippen LogP contribution >= 0.6 is 0 Å². The molecule has 0 aromatic heterocycles. The Morgan fingerprint density at radius 3 is 3.10 bits per heavy atom. The molecule has 0 aliphatic carbocycles. The summed E-state index contributed by atoms with van der Waals surface area (Å²) in [4.78, 5) is 12.2. The number of nitrogens with one attached hydrogen (secondary N) is 1. The fourth-order valence-corrected chi connectivity index (χ4v) is 0.700. The molecular weight excluding hydrogens is 130 g/mol. The van der Waals surface area contributed by atoms with E-state index in [2.05, 4.69) is 5.32 Å². The summed E-state index contributed by atoms with van der Waals surface area (Å²) in [5.74, 6) is 0. The normalized spacial score (nSPS) is 17.4. The molecule has 0 bridgehead atoms. The summed E-state index contributed by atoms with van der Waals surface area (Å²) in [5, 5.41) is 10.8. The number of carbonyl (C=O) groups is 1. The van der Waals surface area contributed by atoms with Crippen LogP contribution in [-0.4, -0.2) is 24.5 Å². The molecule has 0 saturated heterocycles. The van der Waals surface area contributed by atoms with Gasteiger partial charge in [0.1, 0.15) is 0 Å². The summed E-state index contributed by atoms with van der Waals surface area (Å²) < 4.78 is 0. The number of nitriles is 1. The van der Waals surface area contributed by atoms with E-state index in [1.54, 1.807) is 7.05 Å². The second kappa shape index (κ2) is 2.40. The van der Waals surface area contributed by atoms with E-state index in [1.165, 1.54) is 11.1 Å². The van der Waals surface area contributed by atoms with Crippen LogP contribution in [0.25, 0.3) is 0 Å². The topological polar surface area (TPSA) is 56.1 Å². The number of amides is 2. The lowest BCUT2D eigenvalue weighted by atomic mass is 10.3. The Morgan fingerprint density at radius 1 is 1.90 bits per heavy atom. The molecule has 1 N–H and O–H groups in total. The van der Waals surface area contributed by atoms with Crippen molar-refractivity contribution in [3.63, 3.8) is 0 Å². The average Bonchev–Trinajstić information content (AvgIpc) is 1.95. The molecule has 52 valence electrons. The summed E-state index contributed by atoms with van der Waals surface area (Å²) in [6.07, 6.45) is 1.43. The Morgan fingerprint density at radius 2 is 2.60 bits per heavy atom. The zero-order valence-electron chi connectivity index (χ0n) is 5.59. The molecule has 4 heteroatoms. The van der Waals surface area contributed by atoms with E-state index in [0.29, 0.717) is 12.1 Å². The molecule has 10 heavy (non-hydrogen) atoms. The van der Waals surface area contributed by atoms with E-state index in [1.807, 2.05) is 6.07 Å². The van der Waals surface area contributed by atoms with Crippen molar-refractivity contribution >= 4 is 6.03 Å². The third-order valence-electron chi connectivity index (χ3n) is 1.27. The zero-order chi connectivity index (χ0) is 7.56. The smallest absolute Gasteiger partial charge is 0.321 e. The average molecular weight is 137 g/mol. The Bertz CT molecular complexity index is 226. The van der Waals surface area contributed by atoms with Crippen LogP contribution in [0.2, 0.25) is 0 Å². The van der Waals surface area contributed by atoms with E-state index in [0.717, 1.165) is 0 Å². The first kappa shape index (κ1) is 6.62. The fourth-order valence-electron chi connectivity index (χ4n) is 0.700. The highest BCUT2D eigenvalue weighted by Gasteiger charge is 2.13. The van der Waals surface area contributed by atoms with Crippen molar-refractivity contribution in [2.24, 2.45) is 0 Å². The van der Waals surface area contributed by atoms with E-state index in [4.69, 9.17) is 5.26 Å². The van der Waals surface area contributed by atoms with Crippen LogP contribution in [0.5, 0.6) is 0 Å². The first-order valence-electron chi connectivity index (χ1n) is 2.85.